The molecule has 59 heavy (non-hydrogen) atoms. The minimum Gasteiger partial charge on any atom is -0.506 e. The SMILES string of the molecule is COc1cc(N=Nc2c(O)ccc3cc(SOOO)ccc23)c(O)cc1N=Nc1ccc(N=Nc2c(SOOO)cc3cc(S(=O)(=O)O)c(N)cc3c2O)c(O)c1.[Cu].[Cu]. The Hall–Kier alpha value is -5.15. The number of rotatable bonds is 14. The van der Waals surface area contributed by atoms with Gasteiger partial charge >= 0.3 is 0 Å². The van der Waals surface area contributed by atoms with Crippen LogP contribution in [0.25, 0.3) is 21.5 Å². The van der Waals surface area contributed by atoms with E-state index in [2.05, 4.69) is 49.4 Å². The maximum Gasteiger partial charge on any atom is 0.296 e. The number of aromatic hydroxyl groups is 4. The van der Waals surface area contributed by atoms with Gasteiger partial charge in [-0.05, 0) is 59.3 Å². The van der Waals surface area contributed by atoms with Crippen LogP contribution in [0.4, 0.5) is 39.8 Å². The quantitative estimate of drug-likeness (QED) is 0.00957. The number of fused-ring (bicyclic) bond motifs is 2. The minimum absolute atomic E-state index is 0. The topological polar surface area (TPSA) is 322 Å². The van der Waals surface area contributed by atoms with E-state index in [1.165, 1.54) is 49.6 Å². The van der Waals surface area contributed by atoms with Crippen LogP contribution < -0.4 is 10.5 Å². The third kappa shape index (κ3) is 10.7. The molecule has 6 aromatic carbocycles. The summed E-state index contributed by atoms with van der Waals surface area (Å²) in [5.74, 6) is -1.39. The van der Waals surface area contributed by atoms with Crippen molar-refractivity contribution in [1.29, 1.82) is 0 Å². The van der Waals surface area contributed by atoms with Gasteiger partial charge in [-0.2, -0.15) is 13.5 Å². The molecule has 0 unspecified atom stereocenters. The summed E-state index contributed by atoms with van der Waals surface area (Å²) in [7, 11) is -3.37. The summed E-state index contributed by atoms with van der Waals surface area (Å²) < 4.78 is 47.3. The molecule has 6 aromatic rings. The van der Waals surface area contributed by atoms with E-state index in [0.717, 1.165) is 24.2 Å². The number of anilines is 1. The van der Waals surface area contributed by atoms with Gasteiger partial charge in [-0.1, -0.05) is 22.2 Å². The molecule has 0 aliphatic heterocycles. The minimum atomic E-state index is -4.72. The summed E-state index contributed by atoms with van der Waals surface area (Å²) >= 11 is 1.13. The first-order chi connectivity index (χ1) is 27.3. The summed E-state index contributed by atoms with van der Waals surface area (Å²) in [6.45, 7) is 0. The Bertz CT molecular complexity index is 2730. The van der Waals surface area contributed by atoms with E-state index in [4.69, 9.17) is 21.0 Å². The molecule has 0 aromatic heterocycles. The average Bonchev–Trinajstić information content (AvgIpc) is 3.18. The average molecular weight is 967 g/mol. The molecule has 0 heterocycles. The van der Waals surface area contributed by atoms with Gasteiger partial charge in [0.2, 0.25) is 0 Å². The van der Waals surface area contributed by atoms with Crippen molar-refractivity contribution < 1.29 is 102 Å². The number of ether oxygens (including phenoxy) is 1. The molecule has 0 fully saturated rings. The van der Waals surface area contributed by atoms with Crippen molar-refractivity contribution in [3.05, 3.63) is 78.9 Å². The maximum absolute atomic E-state index is 11.7. The molecular formula is C33H25Cu2N7O14S3. The first kappa shape index (κ1) is 46.5. The van der Waals surface area contributed by atoms with Crippen molar-refractivity contribution in [3.8, 4) is 28.7 Å². The first-order valence-corrected chi connectivity index (χ1v) is 18.3. The van der Waals surface area contributed by atoms with Crippen LogP contribution in [0.5, 0.6) is 28.7 Å². The Morgan fingerprint density at radius 3 is 2.00 bits per heavy atom. The van der Waals surface area contributed by atoms with Crippen molar-refractivity contribution in [2.75, 3.05) is 12.8 Å². The fourth-order valence-electron chi connectivity index (χ4n) is 5.16. The van der Waals surface area contributed by atoms with Crippen LogP contribution in [0, 0.1) is 0 Å². The summed E-state index contributed by atoms with van der Waals surface area (Å²) in [6, 6.07) is 17.9. The molecule has 0 amide bonds. The van der Waals surface area contributed by atoms with Gasteiger partial charge in [0.15, 0.2) is 5.75 Å². The predicted molar refractivity (Wildman–Crippen MR) is 202 cm³/mol. The molecular weight excluding hydrogens is 942 g/mol. The van der Waals surface area contributed by atoms with Gasteiger partial charge in [0.1, 0.15) is 56.3 Å². The normalized spacial score (nSPS) is 11.8. The molecule has 0 saturated carbocycles. The molecule has 0 atom stereocenters. The molecule has 0 saturated heterocycles. The first-order valence-electron chi connectivity index (χ1n) is 15.4. The zero-order valence-electron chi connectivity index (χ0n) is 29.1. The third-order valence-electron chi connectivity index (χ3n) is 7.74. The number of hydrogen-bond acceptors (Lipinski definition) is 22. The summed E-state index contributed by atoms with van der Waals surface area (Å²) in [4.78, 5) is -0.0750. The van der Waals surface area contributed by atoms with Crippen LogP contribution in [-0.4, -0.2) is 51.0 Å². The van der Waals surface area contributed by atoms with Crippen LogP contribution >= 0.6 is 24.1 Å². The van der Waals surface area contributed by atoms with Crippen LogP contribution in [0.1, 0.15) is 0 Å². The van der Waals surface area contributed by atoms with E-state index in [-0.39, 0.29) is 107 Å². The molecule has 0 aliphatic rings. The van der Waals surface area contributed by atoms with Crippen LogP contribution in [-0.2, 0) is 63.0 Å². The number of azo groups is 3. The third-order valence-corrected chi connectivity index (χ3v) is 9.84. The Labute approximate surface area is 361 Å². The molecule has 21 nitrogen and oxygen atoms in total. The van der Waals surface area contributed by atoms with Gasteiger partial charge in [-0.15, -0.1) is 34.2 Å². The molecule has 2 radical (unpaired) electrons. The molecule has 0 spiro atoms. The number of phenols is 4. The molecule has 0 bridgehead atoms. The Morgan fingerprint density at radius 1 is 0.627 bits per heavy atom. The Balaban J connectivity index is 0.00000384. The predicted octanol–water partition coefficient (Wildman–Crippen LogP) is 9.75. The van der Waals surface area contributed by atoms with Crippen molar-refractivity contribution >= 4 is 95.6 Å². The van der Waals surface area contributed by atoms with E-state index >= 15 is 0 Å². The molecule has 6 rings (SSSR count). The second-order valence-corrected chi connectivity index (χ2v) is 14.1. The maximum atomic E-state index is 11.7. The molecule has 316 valence electrons. The smallest absolute Gasteiger partial charge is 0.296 e. The fraction of sp³-hybridized carbons (Fsp3) is 0.0303. The van der Waals surface area contributed by atoms with Crippen molar-refractivity contribution in [2.24, 2.45) is 30.7 Å². The van der Waals surface area contributed by atoms with E-state index in [1.807, 2.05) is 0 Å². The van der Waals surface area contributed by atoms with Crippen molar-refractivity contribution in [3.63, 3.8) is 0 Å². The zero-order chi connectivity index (χ0) is 40.9. The van der Waals surface area contributed by atoms with Gasteiger partial charge in [0.05, 0.1) is 47.5 Å². The Morgan fingerprint density at radius 2 is 1.31 bits per heavy atom. The monoisotopic (exact) mass is 965 g/mol. The van der Waals surface area contributed by atoms with Crippen molar-refractivity contribution in [2.45, 2.75) is 14.7 Å². The Kier molecular flexibility index (Phi) is 15.9. The summed E-state index contributed by atoms with van der Waals surface area (Å²) in [5, 5.41) is 92.9. The van der Waals surface area contributed by atoms with E-state index in [9.17, 15) is 33.4 Å². The van der Waals surface area contributed by atoms with Gasteiger partial charge in [-0.3, -0.25) is 4.55 Å². The largest absolute Gasteiger partial charge is 0.506 e. The standard InChI is InChI=1S/C33H25N7O14S3.2Cu/c1-50-28-14-23(37-39-31-19-5-4-18(55-53-51-45)8-15(19)2-7-25(31)41)27(43)13-24(28)38-35-17-3-6-22(26(42)11-17)36-40-32-29(56-54-52-46)9-16-10-30(57(47,48)49)21(34)12-20(16)33(32)44;;/h2-14,41-46H,34H2,1H3,(H,47,48,49);;. The van der Waals surface area contributed by atoms with Gasteiger partial charge in [0.25, 0.3) is 10.1 Å². The van der Waals surface area contributed by atoms with Crippen molar-refractivity contribution in [1.82, 2.24) is 0 Å². The van der Waals surface area contributed by atoms with Gasteiger partial charge < -0.3 is 30.9 Å². The number of nitrogens with two attached hydrogens (primary N) is 1. The van der Waals surface area contributed by atoms with E-state index in [0.29, 0.717) is 27.7 Å². The van der Waals surface area contributed by atoms with Gasteiger partial charge in [0, 0.05) is 68.0 Å². The molecule has 9 N–H and O–H groups in total. The van der Waals surface area contributed by atoms with E-state index in [1.54, 1.807) is 24.3 Å². The number of benzene rings is 6. The molecule has 0 aliphatic carbocycles. The van der Waals surface area contributed by atoms with Crippen LogP contribution in [0.3, 0.4) is 0 Å². The summed E-state index contributed by atoms with van der Waals surface area (Å²) in [5.41, 5.74) is 5.33. The number of nitrogen functional groups attached to an aromatic ring is 1. The molecule has 26 heteroatoms. The number of methoxy groups -OCH3 is 1. The van der Waals surface area contributed by atoms with Crippen LogP contribution in [0.2, 0.25) is 0 Å². The van der Waals surface area contributed by atoms with Crippen LogP contribution in [0.15, 0.2) is 124 Å². The number of nitrogens with zero attached hydrogens (tertiary/aromatic N) is 6. The van der Waals surface area contributed by atoms with Gasteiger partial charge in [-0.25, -0.2) is 10.5 Å². The fourth-order valence-corrected chi connectivity index (χ4v) is 6.70. The zero-order valence-corrected chi connectivity index (χ0v) is 33.4. The number of hydrogen-bond donors (Lipinski definition) is 8. The second kappa shape index (κ2) is 20.2. The number of phenolic OH excluding ortho intramolecular Hbond substituents is 4. The van der Waals surface area contributed by atoms with E-state index < -0.39 is 26.5 Å². The summed E-state index contributed by atoms with van der Waals surface area (Å²) in [6.07, 6.45) is 0. The second-order valence-electron chi connectivity index (χ2n) is 11.2.